The number of amides is 2. The maximum Gasteiger partial charge on any atom is 0.267 e. The Morgan fingerprint density at radius 2 is 2.00 bits per heavy atom. The van der Waals surface area contributed by atoms with Crippen molar-refractivity contribution in [2.45, 2.75) is 25.3 Å². The van der Waals surface area contributed by atoms with Gasteiger partial charge in [-0.25, -0.2) is 13.8 Å². The van der Waals surface area contributed by atoms with E-state index in [4.69, 9.17) is 0 Å². The van der Waals surface area contributed by atoms with Gasteiger partial charge in [-0.15, -0.1) is 0 Å². The predicted octanol–water partition coefficient (Wildman–Crippen LogP) is 4.23. The molecular weight excluding hydrogens is 546 g/mol. The minimum atomic E-state index is -2.70. The fourth-order valence-electron chi connectivity index (χ4n) is 3.68. The lowest BCUT2D eigenvalue weighted by molar-refractivity contribution is -0.138. The second-order valence-electron chi connectivity index (χ2n) is 8.00. The average Bonchev–Trinajstić information content (AvgIpc) is 3.57. The van der Waals surface area contributed by atoms with Crippen molar-refractivity contribution < 1.29 is 18.4 Å². The van der Waals surface area contributed by atoms with Crippen LogP contribution in [0.1, 0.15) is 22.5 Å². The molecule has 2 amide bonds. The largest absolute Gasteiger partial charge is 0.341 e. The summed E-state index contributed by atoms with van der Waals surface area (Å²) in [7, 11) is 0. The number of aromatic nitrogens is 5. The summed E-state index contributed by atoms with van der Waals surface area (Å²) in [6.07, 6.45) is 4.07. The Bertz CT molecular complexity index is 1390. The van der Waals surface area contributed by atoms with Gasteiger partial charge in [0.15, 0.2) is 10.9 Å². The van der Waals surface area contributed by atoms with Gasteiger partial charge in [0.25, 0.3) is 11.8 Å². The quantitative estimate of drug-likeness (QED) is 0.322. The number of nitrogens with zero attached hydrogens (tertiary/aromatic N) is 5. The third-order valence-corrected chi connectivity index (χ3v) is 7.13. The second kappa shape index (κ2) is 9.34. The Morgan fingerprint density at radius 3 is 2.80 bits per heavy atom. The molecule has 35 heavy (non-hydrogen) atoms. The lowest BCUT2D eigenvalue weighted by Gasteiger charge is -2.31. The molecule has 0 atom stereocenters. The van der Waals surface area contributed by atoms with E-state index in [-0.39, 0.29) is 44.3 Å². The number of alkyl halides is 2. The summed E-state index contributed by atoms with van der Waals surface area (Å²) >= 11 is 4.60. The molecule has 4 heterocycles. The smallest absolute Gasteiger partial charge is 0.267 e. The van der Waals surface area contributed by atoms with E-state index < -0.39 is 5.92 Å². The summed E-state index contributed by atoms with van der Waals surface area (Å²) in [5.74, 6) is -2.85. The zero-order chi connectivity index (χ0) is 24.6. The van der Waals surface area contributed by atoms with Crippen LogP contribution in [0.15, 0.2) is 41.3 Å². The van der Waals surface area contributed by atoms with Gasteiger partial charge in [0.2, 0.25) is 5.91 Å². The number of hydrogen-bond acceptors (Lipinski definition) is 7. The molecule has 1 saturated heterocycles. The van der Waals surface area contributed by atoms with Crippen molar-refractivity contribution in [2.75, 3.05) is 23.7 Å². The van der Waals surface area contributed by atoms with Crippen LogP contribution < -0.4 is 10.6 Å². The van der Waals surface area contributed by atoms with Crippen LogP contribution in [0, 0.1) is 0 Å². The summed E-state index contributed by atoms with van der Waals surface area (Å²) < 4.78 is 28.8. The predicted molar refractivity (Wildman–Crippen MR) is 130 cm³/mol. The van der Waals surface area contributed by atoms with Gasteiger partial charge in [0.05, 0.1) is 23.6 Å². The van der Waals surface area contributed by atoms with E-state index in [0.717, 1.165) is 26.7 Å². The third-order valence-electron chi connectivity index (χ3n) is 5.56. The molecule has 0 spiro atoms. The van der Waals surface area contributed by atoms with Gasteiger partial charge in [0.1, 0.15) is 11.4 Å². The lowest BCUT2D eigenvalue weighted by atomic mass is 10.1. The van der Waals surface area contributed by atoms with E-state index in [1.165, 1.54) is 15.8 Å². The van der Waals surface area contributed by atoms with Crippen LogP contribution in [0.25, 0.3) is 10.9 Å². The van der Waals surface area contributed by atoms with Gasteiger partial charge in [-0.3, -0.25) is 19.4 Å². The molecule has 1 fully saturated rings. The van der Waals surface area contributed by atoms with E-state index >= 15 is 0 Å². The van der Waals surface area contributed by atoms with Gasteiger partial charge in [-0.05, 0) is 28.1 Å². The highest BCUT2D eigenvalue weighted by molar-refractivity contribution is 9.10. The Balaban J connectivity index is 1.19. The zero-order valence-corrected chi connectivity index (χ0v) is 20.5. The zero-order valence-electron chi connectivity index (χ0n) is 18.1. The number of benzene rings is 1. The van der Waals surface area contributed by atoms with Crippen molar-refractivity contribution in [3.63, 3.8) is 0 Å². The molecule has 3 aromatic heterocycles. The molecule has 5 rings (SSSR count). The van der Waals surface area contributed by atoms with Gasteiger partial charge < -0.3 is 15.5 Å². The summed E-state index contributed by atoms with van der Waals surface area (Å²) in [6.45, 7) is 0.0227. The van der Waals surface area contributed by atoms with Crippen molar-refractivity contribution in [2.24, 2.45) is 0 Å². The highest BCUT2D eigenvalue weighted by atomic mass is 79.9. The maximum atomic E-state index is 13.3. The molecule has 0 saturated carbocycles. The number of halogens is 3. The number of anilines is 3. The number of carbonyl (C=O) groups is 2. The van der Waals surface area contributed by atoms with Crippen molar-refractivity contribution in [3.05, 3.63) is 46.1 Å². The first-order chi connectivity index (χ1) is 16.8. The number of rotatable bonds is 6. The normalized spacial score (nSPS) is 15.3. The Hall–Kier alpha value is -3.39. The van der Waals surface area contributed by atoms with Crippen LogP contribution in [0.2, 0.25) is 0 Å². The van der Waals surface area contributed by atoms with Crippen LogP contribution in [0.5, 0.6) is 0 Å². The highest BCUT2D eigenvalue weighted by Gasteiger charge is 2.35. The van der Waals surface area contributed by atoms with Gasteiger partial charge in [-0.1, -0.05) is 11.3 Å². The molecule has 1 aliphatic rings. The summed E-state index contributed by atoms with van der Waals surface area (Å²) in [5, 5.41) is 18.3. The van der Waals surface area contributed by atoms with Crippen LogP contribution in [-0.2, 0) is 11.3 Å². The maximum absolute atomic E-state index is 13.3. The van der Waals surface area contributed by atoms with Crippen LogP contribution in [0.3, 0.4) is 0 Å². The number of nitrogens with one attached hydrogen (secondary N) is 3. The van der Waals surface area contributed by atoms with Crippen LogP contribution in [-0.4, -0.2) is 60.7 Å². The standard InChI is InChI=1S/C21H19BrF2N8O2S/c22-13-1-2-14-12(9-26-29-14)18(13)28-19(34)15-10-25-20(35-15)27-16-3-6-32(30-16)11-17(33)31-7-4-21(23,24)5-8-31/h1-3,6,9-10H,4-5,7-8,11H2,(H,26,29)(H,28,34)(H,25,27,30). The molecule has 4 aromatic rings. The molecule has 0 bridgehead atoms. The first-order valence-corrected chi connectivity index (χ1v) is 12.2. The second-order valence-corrected chi connectivity index (χ2v) is 9.88. The molecular formula is C21H19BrF2N8O2S. The fourth-order valence-corrected chi connectivity index (χ4v) is 4.84. The number of carbonyl (C=O) groups excluding carboxylic acids is 2. The molecule has 1 aliphatic heterocycles. The summed E-state index contributed by atoms with van der Waals surface area (Å²) in [6, 6.07) is 5.33. The average molecular weight is 565 g/mol. The Labute approximate surface area is 209 Å². The molecule has 0 unspecified atom stereocenters. The number of thiazole rings is 1. The van der Waals surface area contributed by atoms with E-state index in [1.807, 2.05) is 12.1 Å². The SMILES string of the molecule is O=C(Nc1c(Br)ccc2[nH]ncc12)c1cnc(Nc2ccn(CC(=O)N3CCC(F)(F)CC3)n2)s1. The number of piperidine rings is 1. The van der Waals surface area contributed by atoms with Crippen molar-refractivity contribution in [3.8, 4) is 0 Å². The number of H-pyrrole nitrogens is 1. The van der Waals surface area contributed by atoms with Crippen LogP contribution in [0.4, 0.5) is 25.4 Å². The number of fused-ring (bicyclic) bond motifs is 1. The highest BCUT2D eigenvalue weighted by Crippen LogP contribution is 2.32. The molecule has 3 N–H and O–H groups in total. The first-order valence-electron chi connectivity index (χ1n) is 10.6. The van der Waals surface area contributed by atoms with Crippen molar-refractivity contribution in [1.29, 1.82) is 0 Å². The number of aromatic amines is 1. The molecule has 182 valence electrons. The van der Waals surface area contributed by atoms with E-state index in [9.17, 15) is 18.4 Å². The van der Waals surface area contributed by atoms with Gasteiger partial charge in [0, 0.05) is 48.1 Å². The fraction of sp³-hybridized carbons (Fsp3) is 0.286. The molecule has 1 aromatic carbocycles. The number of hydrogen-bond donors (Lipinski definition) is 3. The minimum Gasteiger partial charge on any atom is -0.341 e. The first kappa shape index (κ1) is 23.4. The Kier molecular flexibility index (Phi) is 6.23. The van der Waals surface area contributed by atoms with Gasteiger partial charge >= 0.3 is 0 Å². The van der Waals surface area contributed by atoms with E-state index in [2.05, 4.69) is 46.8 Å². The molecule has 0 aliphatic carbocycles. The topological polar surface area (TPSA) is 121 Å². The van der Waals surface area contributed by atoms with Crippen molar-refractivity contribution in [1.82, 2.24) is 29.9 Å². The molecule has 10 nitrogen and oxygen atoms in total. The Morgan fingerprint density at radius 1 is 1.20 bits per heavy atom. The van der Waals surface area contributed by atoms with Crippen molar-refractivity contribution >= 4 is 66.6 Å². The number of likely N-dealkylation sites (tertiary alicyclic amines) is 1. The summed E-state index contributed by atoms with van der Waals surface area (Å²) in [4.78, 5) is 31.2. The lowest BCUT2D eigenvalue weighted by Crippen LogP contribution is -2.44. The van der Waals surface area contributed by atoms with E-state index in [0.29, 0.717) is 21.5 Å². The summed E-state index contributed by atoms with van der Waals surface area (Å²) in [5.41, 5.74) is 1.40. The molecule has 0 radical (unpaired) electrons. The monoisotopic (exact) mass is 564 g/mol. The van der Waals surface area contributed by atoms with E-state index in [1.54, 1.807) is 18.5 Å². The van der Waals surface area contributed by atoms with Gasteiger partial charge in [-0.2, -0.15) is 10.2 Å². The third kappa shape index (κ3) is 5.17. The minimum absolute atomic E-state index is 0.0356. The molecule has 14 heteroatoms. The van der Waals surface area contributed by atoms with Crippen LogP contribution >= 0.6 is 27.3 Å².